The van der Waals surface area contributed by atoms with Gasteiger partial charge < -0.3 is 9.84 Å². The average molecular weight is 323 g/mol. The number of hydrogen-bond donors (Lipinski definition) is 1. The molecule has 0 atom stereocenters. The molecule has 0 saturated carbocycles. The maximum atomic E-state index is 10.7. The zero-order valence-electron chi connectivity index (χ0n) is 13.7. The lowest BCUT2D eigenvalue weighted by atomic mass is 9.94. The second kappa shape index (κ2) is 7.32. The molecule has 1 aliphatic heterocycles. The third-order valence-electron chi connectivity index (χ3n) is 4.35. The standard InChI is InChI=1S/C20H21NO3/c1-24-18-8-5-15(6-9-18)13-21-12-11-19-16(7-10-20(22)23)3-2-4-17(19)14-21/h2-10H,11-14H2,1H3,(H,22,23)/b10-7+. The number of carboxylic acids is 1. The van der Waals surface area contributed by atoms with Crippen molar-refractivity contribution in [2.45, 2.75) is 19.5 Å². The van der Waals surface area contributed by atoms with Crippen LogP contribution in [0.15, 0.2) is 48.5 Å². The van der Waals surface area contributed by atoms with Gasteiger partial charge in [-0.25, -0.2) is 4.79 Å². The van der Waals surface area contributed by atoms with Crippen molar-refractivity contribution in [3.63, 3.8) is 0 Å². The number of benzene rings is 2. The van der Waals surface area contributed by atoms with E-state index in [1.54, 1.807) is 13.2 Å². The van der Waals surface area contributed by atoms with Gasteiger partial charge in [0.1, 0.15) is 5.75 Å². The summed E-state index contributed by atoms with van der Waals surface area (Å²) in [6, 6.07) is 14.3. The zero-order valence-corrected chi connectivity index (χ0v) is 13.7. The lowest BCUT2D eigenvalue weighted by Crippen LogP contribution is -2.30. The van der Waals surface area contributed by atoms with E-state index in [1.807, 2.05) is 24.3 Å². The fourth-order valence-electron chi connectivity index (χ4n) is 3.14. The van der Waals surface area contributed by atoms with Gasteiger partial charge in [-0.2, -0.15) is 0 Å². The molecule has 1 heterocycles. The molecule has 0 spiro atoms. The predicted molar refractivity (Wildman–Crippen MR) is 93.9 cm³/mol. The number of fused-ring (bicyclic) bond motifs is 1. The predicted octanol–water partition coefficient (Wildman–Crippen LogP) is 3.35. The smallest absolute Gasteiger partial charge is 0.328 e. The minimum absolute atomic E-state index is 0.873. The average Bonchev–Trinajstić information content (AvgIpc) is 2.60. The van der Waals surface area contributed by atoms with Crippen molar-refractivity contribution >= 4 is 12.0 Å². The largest absolute Gasteiger partial charge is 0.497 e. The number of ether oxygens (including phenoxy) is 1. The number of nitrogens with zero attached hydrogens (tertiary/aromatic N) is 1. The van der Waals surface area contributed by atoms with E-state index >= 15 is 0 Å². The van der Waals surface area contributed by atoms with Crippen LogP contribution >= 0.6 is 0 Å². The molecule has 4 heteroatoms. The van der Waals surface area contributed by atoms with Gasteiger partial charge in [-0.05, 0) is 46.9 Å². The van der Waals surface area contributed by atoms with Gasteiger partial charge in [-0.1, -0.05) is 30.3 Å². The van der Waals surface area contributed by atoms with Crippen molar-refractivity contribution in [1.82, 2.24) is 4.90 Å². The highest BCUT2D eigenvalue weighted by molar-refractivity contribution is 5.85. The molecule has 1 aliphatic rings. The first kappa shape index (κ1) is 16.3. The van der Waals surface area contributed by atoms with Crippen LogP contribution < -0.4 is 4.74 Å². The molecule has 124 valence electrons. The summed E-state index contributed by atoms with van der Waals surface area (Å²) in [5.41, 5.74) is 4.82. The van der Waals surface area contributed by atoms with Gasteiger partial charge in [0.25, 0.3) is 0 Å². The van der Waals surface area contributed by atoms with Gasteiger partial charge in [0, 0.05) is 25.7 Å². The zero-order chi connectivity index (χ0) is 16.9. The van der Waals surface area contributed by atoms with Crippen LogP contribution in [0.5, 0.6) is 5.75 Å². The summed E-state index contributed by atoms with van der Waals surface area (Å²) in [4.78, 5) is 13.1. The molecular weight excluding hydrogens is 302 g/mol. The van der Waals surface area contributed by atoms with E-state index in [2.05, 4.69) is 23.1 Å². The normalized spacial score (nSPS) is 14.5. The lowest BCUT2D eigenvalue weighted by molar-refractivity contribution is -0.131. The van der Waals surface area contributed by atoms with Crippen LogP contribution in [0, 0.1) is 0 Å². The lowest BCUT2D eigenvalue weighted by Gasteiger charge is -2.29. The molecule has 0 bridgehead atoms. The number of aliphatic carboxylic acids is 1. The summed E-state index contributed by atoms with van der Waals surface area (Å²) in [7, 11) is 1.67. The molecule has 0 aliphatic carbocycles. The third kappa shape index (κ3) is 3.84. The monoisotopic (exact) mass is 323 g/mol. The Balaban J connectivity index is 1.72. The molecule has 24 heavy (non-hydrogen) atoms. The van der Waals surface area contributed by atoms with Gasteiger partial charge in [-0.3, -0.25) is 4.90 Å². The molecule has 0 radical (unpaired) electrons. The number of hydrogen-bond acceptors (Lipinski definition) is 3. The van der Waals surface area contributed by atoms with Crippen molar-refractivity contribution in [1.29, 1.82) is 0 Å². The Morgan fingerprint density at radius 3 is 2.75 bits per heavy atom. The second-order valence-corrected chi connectivity index (χ2v) is 5.97. The molecule has 2 aromatic carbocycles. The second-order valence-electron chi connectivity index (χ2n) is 5.97. The van der Waals surface area contributed by atoms with Crippen molar-refractivity contribution in [2.75, 3.05) is 13.7 Å². The Morgan fingerprint density at radius 2 is 2.04 bits per heavy atom. The number of rotatable bonds is 5. The Hall–Kier alpha value is -2.59. The topological polar surface area (TPSA) is 49.8 Å². The molecule has 4 nitrogen and oxygen atoms in total. The fourth-order valence-corrected chi connectivity index (χ4v) is 3.14. The van der Waals surface area contributed by atoms with Gasteiger partial charge in [0.2, 0.25) is 0 Å². The third-order valence-corrected chi connectivity index (χ3v) is 4.35. The van der Waals surface area contributed by atoms with E-state index in [0.29, 0.717) is 0 Å². The Labute approximate surface area is 142 Å². The summed E-state index contributed by atoms with van der Waals surface area (Å²) < 4.78 is 5.20. The number of methoxy groups -OCH3 is 1. The van der Waals surface area contributed by atoms with Gasteiger partial charge in [0.15, 0.2) is 0 Å². The van der Waals surface area contributed by atoms with E-state index in [4.69, 9.17) is 9.84 Å². The van der Waals surface area contributed by atoms with Crippen LogP contribution in [0.25, 0.3) is 6.08 Å². The maximum Gasteiger partial charge on any atom is 0.328 e. The van der Waals surface area contributed by atoms with Crippen molar-refractivity contribution in [2.24, 2.45) is 0 Å². The molecule has 0 amide bonds. The van der Waals surface area contributed by atoms with Crippen LogP contribution in [0.2, 0.25) is 0 Å². The first-order chi connectivity index (χ1) is 11.7. The summed E-state index contributed by atoms with van der Waals surface area (Å²) in [5, 5.41) is 8.82. The molecule has 2 aromatic rings. The van der Waals surface area contributed by atoms with Gasteiger partial charge in [0.05, 0.1) is 7.11 Å². The summed E-state index contributed by atoms with van der Waals surface area (Å²) in [5.74, 6) is -0.0397. The molecular formula is C20H21NO3. The molecule has 0 aromatic heterocycles. The van der Waals surface area contributed by atoms with Crippen LogP contribution in [0.1, 0.15) is 22.3 Å². The summed E-state index contributed by atoms with van der Waals surface area (Å²) in [6.07, 6.45) is 3.84. The van der Waals surface area contributed by atoms with Crippen LogP contribution in [0.3, 0.4) is 0 Å². The van der Waals surface area contributed by atoms with E-state index in [-0.39, 0.29) is 0 Å². The highest BCUT2D eigenvalue weighted by Crippen LogP contribution is 2.25. The highest BCUT2D eigenvalue weighted by atomic mass is 16.5. The van der Waals surface area contributed by atoms with E-state index in [0.717, 1.165) is 37.4 Å². The van der Waals surface area contributed by atoms with Gasteiger partial charge in [-0.15, -0.1) is 0 Å². The van der Waals surface area contributed by atoms with Gasteiger partial charge >= 0.3 is 5.97 Å². The fraction of sp³-hybridized carbons (Fsp3) is 0.250. The Kier molecular flexibility index (Phi) is 4.96. The first-order valence-corrected chi connectivity index (χ1v) is 8.03. The minimum atomic E-state index is -0.912. The highest BCUT2D eigenvalue weighted by Gasteiger charge is 2.18. The minimum Gasteiger partial charge on any atom is -0.497 e. The van der Waals surface area contributed by atoms with Crippen molar-refractivity contribution < 1.29 is 14.6 Å². The van der Waals surface area contributed by atoms with E-state index in [9.17, 15) is 4.79 Å². The molecule has 3 rings (SSSR count). The van der Waals surface area contributed by atoms with Crippen molar-refractivity contribution in [3.8, 4) is 5.75 Å². The molecule has 0 fully saturated rings. The van der Waals surface area contributed by atoms with Crippen LogP contribution in [-0.4, -0.2) is 29.6 Å². The number of carboxylic acid groups (broad SMARTS) is 1. The first-order valence-electron chi connectivity index (χ1n) is 8.03. The summed E-state index contributed by atoms with van der Waals surface area (Å²) in [6.45, 7) is 2.76. The van der Waals surface area contributed by atoms with Crippen LogP contribution in [-0.2, 0) is 24.3 Å². The summed E-state index contributed by atoms with van der Waals surface area (Å²) >= 11 is 0. The quantitative estimate of drug-likeness (QED) is 0.857. The molecule has 0 saturated heterocycles. The van der Waals surface area contributed by atoms with E-state index in [1.165, 1.54) is 22.8 Å². The van der Waals surface area contributed by atoms with E-state index < -0.39 is 5.97 Å². The Morgan fingerprint density at radius 1 is 1.25 bits per heavy atom. The number of carbonyl (C=O) groups is 1. The SMILES string of the molecule is COc1ccc(CN2CCc3c(/C=C/C(=O)O)cccc3C2)cc1. The molecule has 0 unspecified atom stereocenters. The van der Waals surface area contributed by atoms with Crippen LogP contribution in [0.4, 0.5) is 0 Å². The van der Waals surface area contributed by atoms with Crippen molar-refractivity contribution in [3.05, 3.63) is 70.8 Å². The Bertz CT molecular complexity index is 750. The molecule has 1 N–H and O–H groups in total. The maximum absolute atomic E-state index is 10.7.